The number of anilines is 1. The third kappa shape index (κ3) is 4.59. The predicted molar refractivity (Wildman–Crippen MR) is 100 cm³/mol. The number of amides is 1. The van der Waals surface area contributed by atoms with Crippen molar-refractivity contribution in [2.45, 2.75) is 39.7 Å². The number of quaternary nitrogens is 1. The largest absolute Gasteiger partial charge is 0.332 e. The Labute approximate surface area is 149 Å². The summed E-state index contributed by atoms with van der Waals surface area (Å²) in [5.41, 5.74) is 4.39. The summed E-state index contributed by atoms with van der Waals surface area (Å²) in [5.74, 6) is 0.0181. The van der Waals surface area contributed by atoms with Gasteiger partial charge in [0.2, 0.25) is 0 Å². The molecule has 4 heteroatoms. The van der Waals surface area contributed by atoms with Crippen molar-refractivity contribution in [1.82, 2.24) is 0 Å². The summed E-state index contributed by atoms with van der Waals surface area (Å²) in [7, 11) is 0. The van der Waals surface area contributed by atoms with Gasteiger partial charge in [-0.3, -0.25) is 4.79 Å². The van der Waals surface area contributed by atoms with Gasteiger partial charge in [0.1, 0.15) is 6.04 Å². The molecule has 2 aromatic carbocycles. The number of carbonyl (C=O) groups is 1. The van der Waals surface area contributed by atoms with E-state index in [4.69, 9.17) is 11.6 Å². The molecule has 0 aliphatic carbocycles. The van der Waals surface area contributed by atoms with Gasteiger partial charge in [-0.05, 0) is 37.0 Å². The molecule has 0 bridgehead atoms. The first-order chi connectivity index (χ1) is 11.6. The molecule has 1 atom stereocenters. The topological polar surface area (TPSA) is 45.7 Å². The van der Waals surface area contributed by atoms with E-state index in [1.807, 2.05) is 29.6 Å². The number of carbonyl (C=O) groups excluding carboxylic acids is 1. The molecular formula is C20H26ClN2O+. The van der Waals surface area contributed by atoms with Crippen molar-refractivity contribution < 1.29 is 10.1 Å². The van der Waals surface area contributed by atoms with Crippen molar-refractivity contribution in [2.24, 2.45) is 0 Å². The molecule has 0 aliphatic rings. The minimum absolute atomic E-state index is 0.0181. The second-order valence-corrected chi connectivity index (χ2v) is 6.36. The Kier molecular flexibility index (Phi) is 6.83. The number of aryl methyl sites for hydroxylation is 2. The van der Waals surface area contributed by atoms with E-state index in [1.165, 1.54) is 11.1 Å². The third-order valence-electron chi connectivity index (χ3n) is 4.32. The zero-order valence-corrected chi connectivity index (χ0v) is 15.4. The standard InChI is InChI=1S/C20H25ClN2O/c1-4-15-9-8-10-16(5-2)20(15)23-19(24)13-22-14(3)17-11-6-7-12-18(17)21/h6-12,14,22H,4-5,13H2,1-3H3,(H,23,24)/p+1/t14-/m0/s1. The van der Waals surface area contributed by atoms with Gasteiger partial charge in [-0.25, -0.2) is 0 Å². The van der Waals surface area contributed by atoms with Crippen molar-refractivity contribution in [1.29, 1.82) is 0 Å². The number of rotatable bonds is 7. The first kappa shape index (κ1) is 18.5. The maximum absolute atomic E-state index is 12.4. The normalized spacial score (nSPS) is 12.0. The molecule has 0 fully saturated rings. The number of nitrogens with two attached hydrogens (primary N) is 1. The van der Waals surface area contributed by atoms with Gasteiger partial charge in [-0.1, -0.05) is 61.8 Å². The molecule has 0 saturated carbocycles. The summed E-state index contributed by atoms with van der Waals surface area (Å²) in [4.78, 5) is 12.4. The average molecular weight is 346 g/mol. The fourth-order valence-electron chi connectivity index (χ4n) is 2.85. The summed E-state index contributed by atoms with van der Waals surface area (Å²) in [6.07, 6.45) is 1.81. The fraction of sp³-hybridized carbons (Fsp3) is 0.350. The van der Waals surface area contributed by atoms with Crippen LogP contribution in [0.5, 0.6) is 0 Å². The lowest BCUT2D eigenvalue weighted by atomic mass is 10.0. The lowest BCUT2D eigenvalue weighted by Crippen LogP contribution is -2.86. The Bertz CT molecular complexity index is 678. The molecule has 0 unspecified atom stereocenters. The van der Waals surface area contributed by atoms with Crippen molar-refractivity contribution in [2.75, 3.05) is 11.9 Å². The predicted octanol–water partition coefficient (Wildman–Crippen LogP) is 3.73. The highest BCUT2D eigenvalue weighted by Crippen LogP contribution is 2.22. The zero-order valence-electron chi connectivity index (χ0n) is 14.6. The first-order valence-corrected chi connectivity index (χ1v) is 8.92. The second-order valence-electron chi connectivity index (χ2n) is 5.96. The minimum atomic E-state index is 0.0181. The van der Waals surface area contributed by atoms with Crippen molar-refractivity contribution >= 4 is 23.2 Å². The Morgan fingerprint density at radius 1 is 1.08 bits per heavy atom. The summed E-state index contributed by atoms with van der Waals surface area (Å²) in [6.45, 7) is 6.64. The van der Waals surface area contributed by atoms with Gasteiger partial charge in [-0.15, -0.1) is 0 Å². The van der Waals surface area contributed by atoms with Crippen LogP contribution in [-0.4, -0.2) is 12.5 Å². The monoisotopic (exact) mass is 345 g/mol. The van der Waals surface area contributed by atoms with Crippen molar-refractivity contribution in [3.05, 3.63) is 64.2 Å². The molecule has 1 amide bonds. The van der Waals surface area contributed by atoms with E-state index < -0.39 is 0 Å². The van der Waals surface area contributed by atoms with Gasteiger partial charge >= 0.3 is 0 Å². The molecule has 0 aliphatic heterocycles. The van der Waals surface area contributed by atoms with Gasteiger partial charge in [0.15, 0.2) is 6.54 Å². The van der Waals surface area contributed by atoms with Gasteiger partial charge in [-0.2, -0.15) is 0 Å². The maximum Gasteiger partial charge on any atom is 0.279 e. The molecule has 0 aromatic heterocycles. The summed E-state index contributed by atoms with van der Waals surface area (Å²) in [5, 5.41) is 5.85. The molecule has 24 heavy (non-hydrogen) atoms. The van der Waals surface area contributed by atoms with Gasteiger partial charge in [0.25, 0.3) is 5.91 Å². The Hall–Kier alpha value is -1.84. The number of hydrogen-bond acceptors (Lipinski definition) is 1. The molecule has 0 spiro atoms. The summed E-state index contributed by atoms with van der Waals surface area (Å²) >= 11 is 6.22. The van der Waals surface area contributed by atoms with Crippen molar-refractivity contribution in [3.63, 3.8) is 0 Å². The Morgan fingerprint density at radius 3 is 2.29 bits per heavy atom. The van der Waals surface area contributed by atoms with Crippen LogP contribution in [0.3, 0.4) is 0 Å². The van der Waals surface area contributed by atoms with Crippen LogP contribution < -0.4 is 10.6 Å². The fourth-order valence-corrected chi connectivity index (χ4v) is 3.16. The summed E-state index contributed by atoms with van der Waals surface area (Å²) < 4.78 is 0. The molecule has 3 nitrogen and oxygen atoms in total. The Balaban J connectivity index is 2.01. The number of benzene rings is 2. The highest BCUT2D eigenvalue weighted by molar-refractivity contribution is 6.31. The minimum Gasteiger partial charge on any atom is -0.332 e. The Morgan fingerprint density at radius 2 is 1.71 bits per heavy atom. The highest BCUT2D eigenvalue weighted by atomic mass is 35.5. The molecule has 0 radical (unpaired) electrons. The highest BCUT2D eigenvalue weighted by Gasteiger charge is 2.15. The van der Waals surface area contributed by atoms with Crippen LogP contribution in [0.2, 0.25) is 5.02 Å². The van der Waals surface area contributed by atoms with E-state index in [1.54, 1.807) is 0 Å². The molecular weight excluding hydrogens is 320 g/mol. The number of nitrogens with one attached hydrogen (secondary N) is 1. The van der Waals surface area contributed by atoms with E-state index >= 15 is 0 Å². The SMILES string of the molecule is CCc1cccc(CC)c1NC(=O)C[NH2+][C@@H](C)c1ccccc1Cl. The lowest BCUT2D eigenvalue weighted by Gasteiger charge is -2.15. The number of halogens is 1. The van der Waals surface area contributed by atoms with Crippen LogP contribution in [0.4, 0.5) is 5.69 Å². The quantitative estimate of drug-likeness (QED) is 0.789. The second kappa shape index (κ2) is 8.86. The van der Waals surface area contributed by atoms with E-state index in [-0.39, 0.29) is 11.9 Å². The van der Waals surface area contributed by atoms with E-state index in [0.717, 1.165) is 29.1 Å². The van der Waals surface area contributed by atoms with Crippen molar-refractivity contribution in [3.8, 4) is 0 Å². The van der Waals surface area contributed by atoms with Crippen LogP contribution in [0.15, 0.2) is 42.5 Å². The molecule has 128 valence electrons. The van der Waals surface area contributed by atoms with E-state index in [0.29, 0.717) is 6.54 Å². The first-order valence-electron chi connectivity index (χ1n) is 8.55. The lowest BCUT2D eigenvalue weighted by molar-refractivity contribution is -0.682. The zero-order chi connectivity index (χ0) is 17.5. The summed E-state index contributed by atoms with van der Waals surface area (Å²) in [6, 6.07) is 14.1. The van der Waals surface area contributed by atoms with Gasteiger partial charge in [0, 0.05) is 16.3 Å². The van der Waals surface area contributed by atoms with Gasteiger partial charge in [0.05, 0.1) is 0 Å². The van der Waals surface area contributed by atoms with Gasteiger partial charge < -0.3 is 10.6 Å². The van der Waals surface area contributed by atoms with Crippen LogP contribution in [0.25, 0.3) is 0 Å². The maximum atomic E-state index is 12.4. The molecule has 2 rings (SSSR count). The number of para-hydroxylation sites is 1. The van der Waals surface area contributed by atoms with Crippen LogP contribution >= 0.6 is 11.6 Å². The van der Waals surface area contributed by atoms with Crippen LogP contribution in [0, 0.1) is 0 Å². The third-order valence-corrected chi connectivity index (χ3v) is 4.66. The average Bonchev–Trinajstić information content (AvgIpc) is 2.60. The smallest absolute Gasteiger partial charge is 0.279 e. The molecule has 3 N–H and O–H groups in total. The molecule has 0 heterocycles. The van der Waals surface area contributed by atoms with E-state index in [2.05, 4.69) is 44.3 Å². The molecule has 0 saturated heterocycles. The number of hydrogen-bond donors (Lipinski definition) is 2. The molecule has 2 aromatic rings. The van der Waals surface area contributed by atoms with Crippen LogP contribution in [-0.2, 0) is 17.6 Å². The van der Waals surface area contributed by atoms with E-state index in [9.17, 15) is 4.79 Å². The van der Waals surface area contributed by atoms with Crippen LogP contribution in [0.1, 0.15) is 43.5 Å².